The summed E-state index contributed by atoms with van der Waals surface area (Å²) in [6, 6.07) is 55.0. The first-order chi connectivity index (χ1) is 25.8. The van der Waals surface area contributed by atoms with Crippen molar-refractivity contribution >= 4 is 77.5 Å². The highest BCUT2D eigenvalue weighted by Crippen LogP contribution is 2.52. The van der Waals surface area contributed by atoms with E-state index in [2.05, 4.69) is 177 Å². The second kappa shape index (κ2) is 12.3. The minimum atomic E-state index is -2.07. The van der Waals surface area contributed by atoms with Crippen LogP contribution in [-0.4, -0.2) is 16.1 Å². The van der Waals surface area contributed by atoms with Crippen molar-refractivity contribution < 1.29 is 9.47 Å². The summed E-state index contributed by atoms with van der Waals surface area (Å²) in [5.74, 6) is 3.75. The molecule has 3 aliphatic heterocycles. The first-order valence-corrected chi connectivity index (χ1v) is 25.7. The quantitative estimate of drug-likeness (QED) is 0.166. The molecule has 7 heteroatoms. The molecule has 0 radical (unpaired) electrons. The largest absolute Gasteiger partial charge is 0.455 e. The van der Waals surface area contributed by atoms with Gasteiger partial charge in [-0.3, -0.25) is 0 Å². The summed E-state index contributed by atoms with van der Waals surface area (Å²) < 4.78 is 13.5. The van der Waals surface area contributed by atoms with E-state index in [1.54, 1.807) is 11.8 Å². The maximum absolute atomic E-state index is 6.97. The third kappa shape index (κ3) is 5.17. The molecule has 0 fully saturated rings. The molecule has 0 aliphatic carbocycles. The van der Waals surface area contributed by atoms with E-state index in [1.165, 1.54) is 36.2 Å². The molecule has 258 valence electrons. The number of ether oxygens (including phenoxy) is 2. The zero-order chi connectivity index (χ0) is 35.9. The Bertz CT molecular complexity index is 2490. The summed E-state index contributed by atoms with van der Waals surface area (Å²) in [6.45, 7) is 9.87. The van der Waals surface area contributed by atoms with Gasteiger partial charge in [0.1, 0.15) is 33.4 Å². The number of fused-ring (bicyclic) bond motifs is 6. The molecule has 10 rings (SSSR count). The molecular formula is C46H37NO2S2Si2. The van der Waals surface area contributed by atoms with Crippen LogP contribution in [0.15, 0.2) is 171 Å². The van der Waals surface area contributed by atoms with Crippen LogP contribution in [0, 0.1) is 0 Å². The minimum absolute atomic E-state index is 0.904. The fourth-order valence-electron chi connectivity index (χ4n) is 8.23. The van der Waals surface area contributed by atoms with Crippen LogP contribution in [-0.2, 0) is 0 Å². The molecule has 7 aromatic carbocycles. The van der Waals surface area contributed by atoms with Gasteiger partial charge in [-0.05, 0) is 80.9 Å². The van der Waals surface area contributed by atoms with Gasteiger partial charge in [0.2, 0.25) is 0 Å². The van der Waals surface area contributed by atoms with Crippen molar-refractivity contribution in [2.45, 2.75) is 45.8 Å². The van der Waals surface area contributed by atoms with Crippen LogP contribution in [0.2, 0.25) is 26.2 Å². The van der Waals surface area contributed by atoms with Crippen molar-refractivity contribution in [1.82, 2.24) is 0 Å². The summed E-state index contributed by atoms with van der Waals surface area (Å²) in [4.78, 5) is 7.42. The summed E-state index contributed by atoms with van der Waals surface area (Å²) in [5.41, 5.74) is 5.53. The predicted molar refractivity (Wildman–Crippen MR) is 228 cm³/mol. The Morgan fingerprint density at radius 2 is 1.02 bits per heavy atom. The van der Waals surface area contributed by atoms with Crippen molar-refractivity contribution in [1.29, 1.82) is 0 Å². The van der Waals surface area contributed by atoms with Gasteiger partial charge in [0.05, 0.1) is 21.2 Å². The van der Waals surface area contributed by atoms with Gasteiger partial charge in [0, 0.05) is 21.0 Å². The normalized spacial score (nSPS) is 15.2. The van der Waals surface area contributed by atoms with Gasteiger partial charge in [-0.2, -0.15) is 0 Å². The number of hydrogen-bond donors (Lipinski definition) is 0. The molecule has 0 bridgehead atoms. The molecule has 3 heterocycles. The van der Waals surface area contributed by atoms with E-state index in [9.17, 15) is 0 Å². The van der Waals surface area contributed by atoms with E-state index >= 15 is 0 Å². The number of benzene rings is 7. The molecule has 0 saturated carbocycles. The molecule has 53 heavy (non-hydrogen) atoms. The topological polar surface area (TPSA) is 21.7 Å². The molecule has 3 nitrogen and oxygen atoms in total. The third-order valence-electron chi connectivity index (χ3n) is 11.1. The number of rotatable bonds is 4. The van der Waals surface area contributed by atoms with E-state index in [-0.39, 0.29) is 0 Å². The Kier molecular flexibility index (Phi) is 7.60. The number of anilines is 3. The standard InChI is InChI=1S/C46H37NO2S2Si2/c1-52(2)40-22-9-6-18-36(40)49-45-33(15-12-24-42(45)52)47(34-16-13-25-43-46(34)51-38-20-8-10-23-41(38)53(43,3)4)31-28-26-30(27-29-31)32-14-11-21-39-44(32)48-35-17-5-7-19-37(35)50-39/h5-29H,1-4H3. The predicted octanol–water partition coefficient (Wildman–Crippen LogP) is 11.3. The van der Waals surface area contributed by atoms with Gasteiger partial charge in [-0.15, -0.1) is 0 Å². The van der Waals surface area contributed by atoms with E-state index < -0.39 is 16.1 Å². The molecule has 0 atom stereocenters. The highest BCUT2D eigenvalue weighted by molar-refractivity contribution is 8.00. The highest BCUT2D eigenvalue weighted by atomic mass is 32.2. The number of nitrogens with zero attached hydrogens (tertiary/aromatic N) is 1. The smallest absolute Gasteiger partial charge is 0.151 e. The number of hydrogen-bond acceptors (Lipinski definition) is 5. The fourth-order valence-corrected chi connectivity index (χ4v) is 17.6. The molecule has 0 N–H and O–H groups in total. The van der Waals surface area contributed by atoms with Gasteiger partial charge in [-0.25, -0.2) is 0 Å². The van der Waals surface area contributed by atoms with Crippen molar-refractivity contribution in [2.75, 3.05) is 4.90 Å². The van der Waals surface area contributed by atoms with Crippen molar-refractivity contribution in [2.24, 2.45) is 0 Å². The highest BCUT2D eigenvalue weighted by Gasteiger charge is 2.40. The second-order valence-corrected chi connectivity index (χ2v) is 25.7. The minimum Gasteiger partial charge on any atom is -0.455 e. The molecule has 0 amide bonds. The van der Waals surface area contributed by atoms with Crippen LogP contribution in [0.3, 0.4) is 0 Å². The summed E-state index contributed by atoms with van der Waals surface area (Å²) >= 11 is 3.67. The average Bonchev–Trinajstić information content (AvgIpc) is 3.18. The van der Waals surface area contributed by atoms with Crippen LogP contribution in [0.25, 0.3) is 11.1 Å². The zero-order valence-electron chi connectivity index (χ0n) is 30.0. The monoisotopic (exact) mass is 755 g/mol. The lowest BCUT2D eigenvalue weighted by molar-refractivity contribution is 0.456. The van der Waals surface area contributed by atoms with E-state index in [1.807, 2.05) is 17.8 Å². The maximum Gasteiger partial charge on any atom is 0.151 e. The Balaban J connectivity index is 1.15. The molecule has 7 aromatic rings. The molecular weight excluding hydrogens is 719 g/mol. The summed E-state index contributed by atoms with van der Waals surface area (Å²) in [7, 11) is -4.06. The molecule has 0 spiro atoms. The van der Waals surface area contributed by atoms with E-state index in [0.29, 0.717) is 0 Å². The zero-order valence-corrected chi connectivity index (χ0v) is 33.6. The van der Waals surface area contributed by atoms with Crippen LogP contribution < -0.4 is 35.1 Å². The van der Waals surface area contributed by atoms with E-state index in [0.717, 1.165) is 55.3 Å². The van der Waals surface area contributed by atoms with Crippen molar-refractivity contribution in [3.63, 3.8) is 0 Å². The Hall–Kier alpha value is -4.93. The first-order valence-electron chi connectivity index (χ1n) is 18.1. The maximum atomic E-state index is 6.97. The first kappa shape index (κ1) is 32.7. The van der Waals surface area contributed by atoms with Gasteiger partial charge in [0.15, 0.2) is 5.75 Å². The van der Waals surface area contributed by atoms with Crippen LogP contribution >= 0.6 is 23.5 Å². The fraction of sp³-hybridized carbons (Fsp3) is 0.0870. The second-order valence-electron chi connectivity index (χ2n) is 14.9. The van der Waals surface area contributed by atoms with Crippen LogP contribution in [0.4, 0.5) is 17.1 Å². The lowest BCUT2D eigenvalue weighted by atomic mass is 10.0. The van der Waals surface area contributed by atoms with Gasteiger partial charge in [0.25, 0.3) is 0 Å². The molecule has 0 unspecified atom stereocenters. The SMILES string of the molecule is C[Si]1(C)c2ccccc2Oc2c(N(c3ccc(-c4cccc5c4Oc4ccccc4S5)cc3)c3cccc4c3Sc3ccccc3[Si]4(C)C)cccc21. The lowest BCUT2D eigenvalue weighted by Gasteiger charge is -2.39. The molecule has 3 aliphatic rings. The van der Waals surface area contributed by atoms with Gasteiger partial charge >= 0.3 is 0 Å². The summed E-state index contributed by atoms with van der Waals surface area (Å²) in [6.07, 6.45) is 0. The van der Waals surface area contributed by atoms with Crippen molar-refractivity contribution in [3.05, 3.63) is 152 Å². The average molecular weight is 756 g/mol. The Morgan fingerprint density at radius 1 is 0.434 bits per heavy atom. The van der Waals surface area contributed by atoms with Gasteiger partial charge < -0.3 is 14.4 Å². The lowest BCUT2D eigenvalue weighted by Crippen LogP contribution is -2.56. The Labute approximate surface area is 321 Å². The summed E-state index contributed by atoms with van der Waals surface area (Å²) in [5, 5.41) is 5.63. The third-order valence-corrected chi connectivity index (χ3v) is 20.8. The van der Waals surface area contributed by atoms with Crippen LogP contribution in [0.5, 0.6) is 23.0 Å². The molecule has 0 saturated heterocycles. The van der Waals surface area contributed by atoms with Crippen molar-refractivity contribution in [3.8, 4) is 34.1 Å². The van der Waals surface area contributed by atoms with Gasteiger partial charge in [-0.1, -0.05) is 147 Å². The van der Waals surface area contributed by atoms with E-state index in [4.69, 9.17) is 9.47 Å². The van der Waals surface area contributed by atoms with Crippen LogP contribution in [0.1, 0.15) is 0 Å². The Morgan fingerprint density at radius 3 is 1.83 bits per heavy atom. The molecule has 0 aromatic heterocycles. The number of para-hydroxylation sites is 4.